The van der Waals surface area contributed by atoms with Crippen LogP contribution in [-0.2, 0) is 11.8 Å². The molecule has 0 radical (unpaired) electrons. The lowest BCUT2D eigenvalue weighted by Gasteiger charge is -2.09. The first-order valence-corrected chi connectivity index (χ1v) is 13.3. The number of hydrogen-bond acceptors (Lipinski definition) is 10. The van der Waals surface area contributed by atoms with E-state index < -0.39 is 24.3 Å². The molecule has 3 heterocycles. The molecular weight excluding hydrogens is 577 g/mol. The van der Waals surface area contributed by atoms with E-state index in [1.54, 1.807) is 7.05 Å². The molecule has 212 valence electrons. The first-order valence-electron chi connectivity index (χ1n) is 12.2. The Balaban J connectivity index is 1.29. The highest BCUT2D eigenvalue weighted by molar-refractivity contribution is 7.21. The van der Waals surface area contributed by atoms with Crippen LogP contribution in [0.5, 0.6) is 11.6 Å². The molecule has 0 saturated carbocycles. The number of rotatable bonds is 9. The highest BCUT2D eigenvalue weighted by Gasteiger charge is 2.20. The molecule has 3 aromatic heterocycles. The third-order valence-corrected chi connectivity index (χ3v) is 7.38. The summed E-state index contributed by atoms with van der Waals surface area (Å²) in [6.07, 6.45) is 2.22. The fraction of sp³-hybridized carbons (Fsp3) is 0.222. The average molecular weight is 600 g/mol. The van der Waals surface area contributed by atoms with Crippen molar-refractivity contribution in [3.05, 3.63) is 58.8 Å². The van der Waals surface area contributed by atoms with Crippen LogP contribution in [0.15, 0.2) is 36.7 Å². The smallest absolute Gasteiger partial charge is 0.411 e. The second-order valence-corrected chi connectivity index (χ2v) is 10.3. The lowest BCUT2D eigenvalue weighted by atomic mass is 10.1. The van der Waals surface area contributed by atoms with Crippen molar-refractivity contribution in [2.45, 2.75) is 6.92 Å². The van der Waals surface area contributed by atoms with Crippen LogP contribution in [0.3, 0.4) is 0 Å². The van der Waals surface area contributed by atoms with Crippen molar-refractivity contribution < 1.29 is 33.3 Å². The van der Waals surface area contributed by atoms with Crippen molar-refractivity contribution in [1.29, 1.82) is 0 Å². The molecule has 14 heteroatoms. The Labute approximate surface area is 241 Å². The van der Waals surface area contributed by atoms with Gasteiger partial charge in [-0.25, -0.2) is 24.1 Å². The maximum Gasteiger partial charge on any atom is 0.411 e. The van der Waals surface area contributed by atoms with Crippen molar-refractivity contribution in [2.75, 3.05) is 32.2 Å². The van der Waals surface area contributed by atoms with E-state index >= 15 is 4.39 Å². The highest BCUT2D eigenvalue weighted by Crippen LogP contribution is 2.40. The molecule has 0 saturated heterocycles. The summed E-state index contributed by atoms with van der Waals surface area (Å²) in [6, 6.07) is 6.72. The Morgan fingerprint density at radius 2 is 1.98 bits per heavy atom. The number of ether oxygens (including phenoxy) is 3. The van der Waals surface area contributed by atoms with Gasteiger partial charge in [0.25, 0.3) is 0 Å². The molecule has 0 spiro atoms. The van der Waals surface area contributed by atoms with Crippen LogP contribution in [0.1, 0.15) is 16.1 Å². The van der Waals surface area contributed by atoms with Gasteiger partial charge >= 0.3 is 6.09 Å². The fourth-order valence-electron chi connectivity index (χ4n) is 4.14. The zero-order valence-corrected chi connectivity index (χ0v) is 23.6. The van der Waals surface area contributed by atoms with Crippen LogP contribution in [0, 0.1) is 12.7 Å². The van der Waals surface area contributed by atoms with E-state index in [1.165, 1.54) is 47.5 Å². The van der Waals surface area contributed by atoms with Crippen LogP contribution in [-0.4, -0.2) is 63.4 Å². The Kier molecular flexibility index (Phi) is 8.01. The summed E-state index contributed by atoms with van der Waals surface area (Å²) in [4.78, 5) is 37.3. The number of anilines is 1. The second kappa shape index (κ2) is 11.6. The molecule has 11 nitrogen and oxygen atoms in total. The van der Waals surface area contributed by atoms with Crippen LogP contribution in [0.2, 0.25) is 5.02 Å². The number of nitrogens with one attached hydrogen (secondary N) is 1. The van der Waals surface area contributed by atoms with E-state index in [2.05, 4.69) is 20.3 Å². The molecule has 0 aliphatic carbocycles. The maximum absolute atomic E-state index is 15.1. The van der Waals surface area contributed by atoms with Gasteiger partial charge in [-0.15, -0.1) is 11.3 Å². The quantitative estimate of drug-likeness (QED) is 0.174. The number of benzene rings is 2. The SMILES string of the molecule is COc1cnc2c(-c3nc4c(Cl)c(F)c(OCCOC(=O)Nc5cc(C(=O)CO)n(C)c5)cc4s3)cc(C)cc2n1. The second-order valence-electron chi connectivity index (χ2n) is 8.88. The van der Waals surface area contributed by atoms with Crippen LogP contribution in [0.4, 0.5) is 14.9 Å². The number of aliphatic hydroxyl groups excluding tert-OH is 1. The number of carbonyl (C=O) groups excluding carboxylic acids is 2. The average Bonchev–Trinajstić information content (AvgIpc) is 3.55. The maximum atomic E-state index is 15.1. The van der Waals surface area contributed by atoms with Gasteiger partial charge in [0.1, 0.15) is 35.4 Å². The number of thiazole rings is 1. The predicted molar refractivity (Wildman–Crippen MR) is 152 cm³/mol. The number of aryl methyl sites for hydroxylation is 2. The van der Waals surface area contributed by atoms with Crippen molar-refractivity contribution in [2.24, 2.45) is 7.05 Å². The number of amides is 1. The summed E-state index contributed by atoms with van der Waals surface area (Å²) >= 11 is 7.62. The number of methoxy groups -OCH3 is 1. The number of nitrogens with zero attached hydrogens (tertiary/aromatic N) is 4. The number of ketones is 1. The first kappa shape index (κ1) is 28.2. The first-order chi connectivity index (χ1) is 19.7. The van der Waals surface area contributed by atoms with Gasteiger partial charge in [0, 0.05) is 24.9 Å². The number of halogens is 2. The van der Waals surface area contributed by atoms with Gasteiger partial charge in [-0.05, 0) is 30.7 Å². The number of fused-ring (bicyclic) bond motifs is 2. The molecule has 41 heavy (non-hydrogen) atoms. The van der Waals surface area contributed by atoms with Gasteiger partial charge in [-0.2, -0.15) is 0 Å². The molecule has 2 aromatic carbocycles. The van der Waals surface area contributed by atoms with Crippen molar-refractivity contribution >= 4 is 61.8 Å². The summed E-state index contributed by atoms with van der Waals surface area (Å²) in [5, 5.41) is 11.9. The zero-order chi connectivity index (χ0) is 29.3. The molecular formula is C27H23ClFN5O6S. The largest absolute Gasteiger partial charge is 0.487 e. The van der Waals surface area contributed by atoms with Crippen molar-refractivity contribution in [1.82, 2.24) is 19.5 Å². The number of hydrogen-bond donors (Lipinski definition) is 2. The van der Waals surface area contributed by atoms with Gasteiger partial charge < -0.3 is 23.9 Å². The molecule has 0 aliphatic heterocycles. The molecule has 2 N–H and O–H groups in total. The minimum absolute atomic E-state index is 0.115. The Morgan fingerprint density at radius 1 is 1.17 bits per heavy atom. The monoisotopic (exact) mass is 599 g/mol. The van der Waals surface area contributed by atoms with E-state index in [4.69, 9.17) is 30.9 Å². The molecule has 5 aromatic rings. The van der Waals surface area contributed by atoms with Crippen LogP contribution < -0.4 is 14.8 Å². The summed E-state index contributed by atoms with van der Waals surface area (Å²) in [5.41, 5.74) is 3.73. The molecule has 0 aliphatic rings. The summed E-state index contributed by atoms with van der Waals surface area (Å²) in [6.45, 7) is 0.928. The lowest BCUT2D eigenvalue weighted by Crippen LogP contribution is -2.17. The van der Waals surface area contributed by atoms with Crippen molar-refractivity contribution in [3.8, 4) is 22.2 Å². The number of carbonyl (C=O) groups is 2. The fourth-order valence-corrected chi connectivity index (χ4v) is 5.46. The minimum Gasteiger partial charge on any atom is -0.487 e. The normalized spacial score (nSPS) is 11.2. The van der Waals surface area contributed by atoms with Gasteiger partial charge in [0.05, 0.1) is 40.4 Å². The van der Waals surface area contributed by atoms with Gasteiger partial charge in [-0.3, -0.25) is 10.1 Å². The summed E-state index contributed by atoms with van der Waals surface area (Å²) < 4.78 is 32.9. The summed E-state index contributed by atoms with van der Waals surface area (Å²) in [7, 11) is 3.12. The Bertz CT molecular complexity index is 1810. The Hall–Kier alpha value is -4.33. The molecule has 0 unspecified atom stereocenters. The van der Waals surface area contributed by atoms with E-state index in [1.807, 2.05) is 19.1 Å². The third-order valence-electron chi connectivity index (χ3n) is 6.00. The van der Waals surface area contributed by atoms with Gasteiger partial charge in [0.15, 0.2) is 11.6 Å². The molecule has 0 bridgehead atoms. The van der Waals surface area contributed by atoms with Gasteiger partial charge in [-0.1, -0.05) is 11.6 Å². The molecule has 5 rings (SSSR count). The zero-order valence-electron chi connectivity index (χ0n) is 22.0. The van der Waals surface area contributed by atoms with E-state index in [-0.39, 0.29) is 35.2 Å². The van der Waals surface area contributed by atoms with Crippen LogP contribution in [0.25, 0.3) is 31.8 Å². The van der Waals surface area contributed by atoms with Gasteiger partial charge in [0.2, 0.25) is 11.7 Å². The predicted octanol–water partition coefficient (Wildman–Crippen LogP) is 5.16. The van der Waals surface area contributed by atoms with E-state index in [0.717, 1.165) is 11.1 Å². The summed E-state index contributed by atoms with van der Waals surface area (Å²) in [5.74, 6) is -1.01. The third kappa shape index (κ3) is 5.78. The molecule has 0 fully saturated rings. The standard InChI is InChI=1S/C27H23ClFN5O6S/c1-13-6-15(24-16(7-13)32-21(38-3)10-30-24)26-33-25-20(41-26)9-19(23(29)22(25)28)39-4-5-40-27(37)31-14-8-17(18(36)12-35)34(2)11-14/h6-11,35H,4-5,12H2,1-3H3,(H,31,37). The lowest BCUT2D eigenvalue weighted by molar-refractivity contribution is 0.0895. The highest BCUT2D eigenvalue weighted by atomic mass is 35.5. The van der Waals surface area contributed by atoms with E-state index in [0.29, 0.717) is 32.3 Å². The molecule has 1 amide bonds. The molecule has 0 atom stereocenters. The van der Waals surface area contributed by atoms with E-state index in [9.17, 15) is 9.59 Å². The Morgan fingerprint density at radius 3 is 2.73 bits per heavy atom. The number of aromatic nitrogens is 4. The topological polar surface area (TPSA) is 138 Å². The number of Topliss-reactive ketones (excluding diaryl/α,β-unsaturated/α-hetero) is 1. The minimum atomic E-state index is -0.797. The number of aliphatic hydroxyl groups is 1. The van der Waals surface area contributed by atoms with Crippen molar-refractivity contribution in [3.63, 3.8) is 0 Å². The van der Waals surface area contributed by atoms with Crippen LogP contribution >= 0.6 is 22.9 Å².